The van der Waals surface area contributed by atoms with E-state index in [1.54, 1.807) is 0 Å². The Labute approximate surface area is 110 Å². The first-order valence-electron chi connectivity index (χ1n) is 6.42. The van der Waals surface area contributed by atoms with Crippen LogP contribution in [-0.2, 0) is 9.53 Å². The molecule has 0 radical (unpaired) electrons. The van der Waals surface area contributed by atoms with Crippen LogP contribution in [0.4, 0.5) is 0 Å². The third kappa shape index (κ3) is 10.8. The van der Waals surface area contributed by atoms with Crippen molar-refractivity contribution in [3.05, 3.63) is 35.9 Å². The first kappa shape index (κ1) is 16.2. The summed E-state index contributed by atoms with van der Waals surface area (Å²) in [5, 5.41) is 0. The fraction of sp³-hybridized carbons (Fsp3) is 0.438. The number of terminal acetylenes is 1. The second-order valence-corrected chi connectivity index (χ2v) is 3.89. The van der Waals surface area contributed by atoms with Gasteiger partial charge in [0.25, 0.3) is 6.47 Å². The van der Waals surface area contributed by atoms with Crippen LogP contribution in [0.5, 0.6) is 0 Å². The summed E-state index contributed by atoms with van der Waals surface area (Å²) in [6.45, 7) is 3.29. The molecule has 1 aromatic carbocycles. The van der Waals surface area contributed by atoms with Crippen LogP contribution in [0, 0.1) is 12.3 Å². The maximum absolute atomic E-state index is 9.67. The van der Waals surface area contributed by atoms with Crippen molar-refractivity contribution in [1.82, 2.24) is 0 Å². The number of unbranched alkanes of at least 4 members (excludes halogenated alkanes) is 4. The minimum Gasteiger partial charge on any atom is -0.468 e. The molecule has 0 aliphatic carbocycles. The minimum absolute atomic E-state index is 0.514. The van der Waals surface area contributed by atoms with Gasteiger partial charge in [-0.25, -0.2) is 0 Å². The zero-order valence-corrected chi connectivity index (χ0v) is 11.1. The summed E-state index contributed by atoms with van der Waals surface area (Å²) in [6, 6.07) is 9.60. The first-order chi connectivity index (χ1) is 8.85. The molecule has 2 nitrogen and oxygen atoms in total. The first-order valence-corrected chi connectivity index (χ1v) is 6.42. The molecule has 0 N–H and O–H groups in total. The Hall–Kier alpha value is -1.75. The fourth-order valence-corrected chi connectivity index (χ4v) is 1.37. The second kappa shape index (κ2) is 13.3. The molecule has 0 atom stereocenters. The highest BCUT2D eigenvalue weighted by Gasteiger charge is 1.87. The molecular formula is C16H22O2. The van der Waals surface area contributed by atoms with Crippen LogP contribution in [0.15, 0.2) is 30.3 Å². The second-order valence-electron chi connectivity index (χ2n) is 3.89. The predicted molar refractivity (Wildman–Crippen MR) is 75.2 cm³/mol. The van der Waals surface area contributed by atoms with Crippen LogP contribution in [-0.4, -0.2) is 13.1 Å². The van der Waals surface area contributed by atoms with Gasteiger partial charge < -0.3 is 4.74 Å². The van der Waals surface area contributed by atoms with Crippen molar-refractivity contribution in [2.75, 3.05) is 6.61 Å². The van der Waals surface area contributed by atoms with E-state index in [1.807, 2.05) is 30.3 Å². The predicted octanol–water partition coefficient (Wildman–Crippen LogP) is 3.80. The van der Waals surface area contributed by atoms with Gasteiger partial charge in [-0.1, -0.05) is 56.7 Å². The van der Waals surface area contributed by atoms with Gasteiger partial charge in [-0.05, 0) is 18.6 Å². The van der Waals surface area contributed by atoms with Gasteiger partial charge in [-0.15, -0.1) is 6.42 Å². The highest BCUT2D eigenvalue weighted by molar-refractivity contribution is 5.36. The SMILES string of the molecule is C#Cc1ccccc1.CCCCCCCOC=O. The molecule has 0 unspecified atom stereocenters. The van der Waals surface area contributed by atoms with Crippen molar-refractivity contribution in [2.45, 2.75) is 39.0 Å². The zero-order valence-electron chi connectivity index (χ0n) is 11.1. The van der Waals surface area contributed by atoms with E-state index < -0.39 is 0 Å². The normalized spacial score (nSPS) is 8.67. The van der Waals surface area contributed by atoms with Crippen molar-refractivity contribution in [1.29, 1.82) is 0 Å². The molecule has 0 amide bonds. The summed E-state index contributed by atoms with van der Waals surface area (Å²) in [5.74, 6) is 2.53. The number of benzene rings is 1. The average Bonchev–Trinajstić information content (AvgIpc) is 2.44. The third-order valence-electron chi connectivity index (χ3n) is 2.37. The minimum atomic E-state index is 0.514. The molecule has 0 bridgehead atoms. The Bertz CT molecular complexity index is 325. The van der Waals surface area contributed by atoms with Gasteiger partial charge in [-0.3, -0.25) is 4.79 Å². The van der Waals surface area contributed by atoms with E-state index in [4.69, 9.17) is 6.42 Å². The highest BCUT2D eigenvalue weighted by Crippen LogP contribution is 2.01. The average molecular weight is 246 g/mol. The van der Waals surface area contributed by atoms with E-state index in [0.717, 1.165) is 12.0 Å². The van der Waals surface area contributed by atoms with Crippen LogP contribution < -0.4 is 0 Å². The topological polar surface area (TPSA) is 26.3 Å². The van der Waals surface area contributed by atoms with Gasteiger partial charge >= 0.3 is 0 Å². The maximum Gasteiger partial charge on any atom is 0.293 e. The molecule has 0 saturated heterocycles. The molecule has 0 saturated carbocycles. The van der Waals surface area contributed by atoms with Crippen molar-refractivity contribution in [2.24, 2.45) is 0 Å². The van der Waals surface area contributed by atoms with E-state index in [1.165, 1.54) is 25.7 Å². The summed E-state index contributed by atoms with van der Waals surface area (Å²) in [7, 11) is 0. The molecule has 0 aromatic heterocycles. The quantitative estimate of drug-likeness (QED) is 0.415. The van der Waals surface area contributed by atoms with Gasteiger partial charge in [0, 0.05) is 5.56 Å². The molecule has 1 aromatic rings. The lowest BCUT2D eigenvalue weighted by atomic mass is 10.2. The molecule has 2 heteroatoms. The summed E-state index contributed by atoms with van der Waals surface area (Å²) in [5.41, 5.74) is 0.938. The van der Waals surface area contributed by atoms with Crippen LogP contribution in [0.3, 0.4) is 0 Å². The molecular weight excluding hydrogens is 224 g/mol. The standard InChI is InChI=1S/C8H16O2.C8H6/c1-2-3-4-5-6-7-10-8-9;1-2-8-6-4-3-5-7-8/h8H,2-7H2,1H3;1,3-7H. The van der Waals surface area contributed by atoms with Gasteiger partial charge in [0.15, 0.2) is 0 Å². The fourth-order valence-electron chi connectivity index (χ4n) is 1.37. The summed E-state index contributed by atoms with van der Waals surface area (Å²) in [4.78, 5) is 9.67. The lowest BCUT2D eigenvalue weighted by molar-refractivity contribution is -0.128. The Morgan fingerprint density at radius 2 is 1.83 bits per heavy atom. The molecule has 1 rings (SSSR count). The lowest BCUT2D eigenvalue weighted by Crippen LogP contribution is -1.90. The lowest BCUT2D eigenvalue weighted by Gasteiger charge is -1.97. The summed E-state index contributed by atoms with van der Waals surface area (Å²) < 4.78 is 4.53. The molecule has 18 heavy (non-hydrogen) atoms. The van der Waals surface area contributed by atoms with Crippen LogP contribution in [0.1, 0.15) is 44.6 Å². The van der Waals surface area contributed by atoms with E-state index >= 15 is 0 Å². The molecule has 0 spiro atoms. The van der Waals surface area contributed by atoms with Gasteiger partial charge in [0.2, 0.25) is 0 Å². The van der Waals surface area contributed by atoms with Gasteiger partial charge in [0.05, 0.1) is 6.61 Å². The Morgan fingerprint density at radius 1 is 1.17 bits per heavy atom. The number of hydrogen-bond acceptors (Lipinski definition) is 2. The van der Waals surface area contributed by atoms with Crippen molar-refractivity contribution >= 4 is 6.47 Å². The van der Waals surface area contributed by atoms with E-state index in [-0.39, 0.29) is 0 Å². The number of carbonyl (C=O) groups is 1. The number of carbonyl (C=O) groups excluding carboxylic acids is 1. The molecule has 0 aliphatic rings. The third-order valence-corrected chi connectivity index (χ3v) is 2.37. The molecule has 0 heterocycles. The number of hydrogen-bond donors (Lipinski definition) is 0. The summed E-state index contributed by atoms with van der Waals surface area (Å²) in [6.07, 6.45) is 11.1. The van der Waals surface area contributed by atoms with Crippen LogP contribution in [0.2, 0.25) is 0 Å². The zero-order chi connectivity index (χ0) is 13.5. The molecule has 98 valence electrons. The maximum atomic E-state index is 9.67. The Balaban J connectivity index is 0.000000327. The van der Waals surface area contributed by atoms with E-state index in [2.05, 4.69) is 17.6 Å². The summed E-state index contributed by atoms with van der Waals surface area (Å²) >= 11 is 0. The van der Waals surface area contributed by atoms with Crippen molar-refractivity contribution in [3.8, 4) is 12.3 Å². The Morgan fingerprint density at radius 3 is 2.33 bits per heavy atom. The smallest absolute Gasteiger partial charge is 0.293 e. The van der Waals surface area contributed by atoms with Crippen molar-refractivity contribution < 1.29 is 9.53 Å². The highest BCUT2D eigenvalue weighted by atomic mass is 16.5. The number of rotatable bonds is 7. The van der Waals surface area contributed by atoms with Crippen LogP contribution in [0.25, 0.3) is 0 Å². The monoisotopic (exact) mass is 246 g/mol. The Kier molecular flexibility index (Phi) is 12.0. The van der Waals surface area contributed by atoms with Gasteiger partial charge in [0.1, 0.15) is 0 Å². The molecule has 0 aliphatic heterocycles. The van der Waals surface area contributed by atoms with E-state index in [0.29, 0.717) is 13.1 Å². The number of ether oxygens (including phenoxy) is 1. The van der Waals surface area contributed by atoms with Crippen molar-refractivity contribution in [3.63, 3.8) is 0 Å². The van der Waals surface area contributed by atoms with Gasteiger partial charge in [-0.2, -0.15) is 0 Å². The molecule has 0 fully saturated rings. The van der Waals surface area contributed by atoms with E-state index in [9.17, 15) is 4.79 Å². The van der Waals surface area contributed by atoms with Crippen LogP contribution >= 0.6 is 0 Å². The largest absolute Gasteiger partial charge is 0.468 e.